The van der Waals surface area contributed by atoms with E-state index in [-0.39, 0.29) is 17.7 Å². The summed E-state index contributed by atoms with van der Waals surface area (Å²) in [6.45, 7) is 3.48. The standard InChI is InChI=1S/C18H18N4O2S/c1-12-10-22(16(23)9-14-3-2-8-25-14)11-15(12)18-20-17(21-24-18)13-4-6-19-7-5-13/h2-8,12,15H,9-11H2,1H3. The van der Waals surface area contributed by atoms with Gasteiger partial charge in [0.15, 0.2) is 0 Å². The van der Waals surface area contributed by atoms with Crippen molar-refractivity contribution in [1.82, 2.24) is 20.0 Å². The molecule has 0 aromatic carbocycles. The molecule has 4 rings (SSSR count). The molecule has 0 saturated carbocycles. The van der Waals surface area contributed by atoms with Gasteiger partial charge in [0.05, 0.1) is 12.3 Å². The van der Waals surface area contributed by atoms with E-state index in [0.29, 0.717) is 24.7 Å². The van der Waals surface area contributed by atoms with Crippen LogP contribution >= 0.6 is 11.3 Å². The first kappa shape index (κ1) is 16.0. The second kappa shape index (κ2) is 6.76. The largest absolute Gasteiger partial charge is 0.341 e. The summed E-state index contributed by atoms with van der Waals surface area (Å²) in [7, 11) is 0. The Balaban J connectivity index is 1.46. The zero-order chi connectivity index (χ0) is 17.2. The third-order valence-electron chi connectivity index (χ3n) is 4.57. The fourth-order valence-electron chi connectivity index (χ4n) is 3.17. The SMILES string of the molecule is CC1CN(C(=O)Cc2cccs2)CC1c1nc(-c2ccncc2)no1. The highest BCUT2D eigenvalue weighted by Crippen LogP contribution is 2.32. The maximum Gasteiger partial charge on any atom is 0.232 e. The molecule has 2 atom stereocenters. The van der Waals surface area contributed by atoms with Crippen LogP contribution in [0.25, 0.3) is 11.4 Å². The quantitative estimate of drug-likeness (QED) is 0.720. The lowest BCUT2D eigenvalue weighted by Crippen LogP contribution is -2.30. The van der Waals surface area contributed by atoms with E-state index in [1.54, 1.807) is 23.7 Å². The van der Waals surface area contributed by atoms with Gasteiger partial charge in [0.1, 0.15) is 0 Å². The highest BCUT2D eigenvalue weighted by molar-refractivity contribution is 7.10. The molecular formula is C18H18N4O2S. The van der Waals surface area contributed by atoms with Gasteiger partial charge in [-0.05, 0) is 29.5 Å². The second-order valence-electron chi connectivity index (χ2n) is 6.33. The van der Waals surface area contributed by atoms with Crippen LogP contribution in [-0.2, 0) is 11.2 Å². The molecular weight excluding hydrogens is 336 g/mol. The van der Waals surface area contributed by atoms with Crippen molar-refractivity contribution in [2.45, 2.75) is 19.3 Å². The first-order valence-electron chi connectivity index (χ1n) is 8.25. The second-order valence-corrected chi connectivity index (χ2v) is 7.36. The fourth-order valence-corrected chi connectivity index (χ4v) is 3.87. The fraction of sp³-hybridized carbons (Fsp3) is 0.333. The van der Waals surface area contributed by atoms with Gasteiger partial charge in [-0.25, -0.2) is 0 Å². The average Bonchev–Trinajstić information content (AvgIpc) is 3.36. The molecule has 4 heterocycles. The first-order chi connectivity index (χ1) is 12.2. The zero-order valence-electron chi connectivity index (χ0n) is 13.8. The van der Waals surface area contributed by atoms with Crippen molar-refractivity contribution >= 4 is 17.2 Å². The smallest absolute Gasteiger partial charge is 0.232 e. The lowest BCUT2D eigenvalue weighted by atomic mass is 9.98. The molecule has 0 radical (unpaired) electrons. The Morgan fingerprint density at radius 2 is 2.16 bits per heavy atom. The van der Waals surface area contributed by atoms with Gasteiger partial charge in [0.2, 0.25) is 17.6 Å². The van der Waals surface area contributed by atoms with Crippen molar-refractivity contribution in [3.8, 4) is 11.4 Å². The van der Waals surface area contributed by atoms with Crippen LogP contribution in [0.4, 0.5) is 0 Å². The molecule has 1 amide bonds. The van der Waals surface area contributed by atoms with Crippen LogP contribution in [0.15, 0.2) is 46.6 Å². The Morgan fingerprint density at radius 3 is 2.92 bits per heavy atom. The predicted octanol–water partition coefficient (Wildman–Crippen LogP) is 3.00. The van der Waals surface area contributed by atoms with E-state index in [4.69, 9.17) is 4.52 Å². The maximum absolute atomic E-state index is 12.5. The molecule has 25 heavy (non-hydrogen) atoms. The molecule has 1 aliphatic heterocycles. The molecule has 3 aromatic rings. The lowest BCUT2D eigenvalue weighted by molar-refractivity contribution is -0.129. The summed E-state index contributed by atoms with van der Waals surface area (Å²) < 4.78 is 5.49. The summed E-state index contributed by atoms with van der Waals surface area (Å²) in [6.07, 6.45) is 3.87. The van der Waals surface area contributed by atoms with Crippen molar-refractivity contribution < 1.29 is 9.32 Å². The van der Waals surface area contributed by atoms with Gasteiger partial charge in [0, 0.05) is 35.9 Å². The molecule has 0 bridgehead atoms. The molecule has 0 N–H and O–H groups in total. The van der Waals surface area contributed by atoms with Crippen LogP contribution in [-0.4, -0.2) is 39.0 Å². The van der Waals surface area contributed by atoms with E-state index in [9.17, 15) is 4.79 Å². The van der Waals surface area contributed by atoms with Gasteiger partial charge in [0.25, 0.3) is 0 Å². The summed E-state index contributed by atoms with van der Waals surface area (Å²) in [4.78, 5) is 24.1. The van der Waals surface area contributed by atoms with Gasteiger partial charge >= 0.3 is 0 Å². The minimum absolute atomic E-state index is 0.0790. The van der Waals surface area contributed by atoms with Gasteiger partial charge in [-0.15, -0.1) is 11.3 Å². The third kappa shape index (κ3) is 3.32. The normalized spacial score (nSPS) is 20.1. The van der Waals surface area contributed by atoms with Gasteiger partial charge in [-0.3, -0.25) is 9.78 Å². The van der Waals surface area contributed by atoms with Crippen LogP contribution in [0.5, 0.6) is 0 Å². The van der Waals surface area contributed by atoms with Crippen molar-refractivity contribution in [3.05, 3.63) is 52.8 Å². The van der Waals surface area contributed by atoms with E-state index in [1.165, 1.54) is 0 Å². The van der Waals surface area contributed by atoms with E-state index < -0.39 is 0 Å². The number of nitrogens with zero attached hydrogens (tertiary/aromatic N) is 4. The van der Waals surface area contributed by atoms with Crippen molar-refractivity contribution in [2.75, 3.05) is 13.1 Å². The Bertz CT molecular complexity index is 847. The summed E-state index contributed by atoms with van der Waals surface area (Å²) in [5.74, 6) is 1.69. The van der Waals surface area contributed by atoms with Crippen LogP contribution in [0, 0.1) is 5.92 Å². The van der Waals surface area contributed by atoms with Crippen molar-refractivity contribution in [2.24, 2.45) is 5.92 Å². The topological polar surface area (TPSA) is 72.1 Å². The Morgan fingerprint density at radius 1 is 1.32 bits per heavy atom. The number of thiophene rings is 1. The van der Waals surface area contributed by atoms with Crippen molar-refractivity contribution in [3.63, 3.8) is 0 Å². The summed E-state index contributed by atoms with van der Waals surface area (Å²) in [5, 5.41) is 6.08. The summed E-state index contributed by atoms with van der Waals surface area (Å²) in [5.41, 5.74) is 0.876. The van der Waals surface area contributed by atoms with E-state index >= 15 is 0 Å². The van der Waals surface area contributed by atoms with Crippen LogP contribution < -0.4 is 0 Å². The van der Waals surface area contributed by atoms with Crippen LogP contribution in [0.2, 0.25) is 0 Å². The summed E-state index contributed by atoms with van der Waals surface area (Å²) in [6, 6.07) is 7.67. The van der Waals surface area contributed by atoms with E-state index in [0.717, 1.165) is 17.0 Å². The Labute approximate surface area is 149 Å². The third-order valence-corrected chi connectivity index (χ3v) is 5.44. The molecule has 2 unspecified atom stereocenters. The van der Waals surface area contributed by atoms with E-state index in [2.05, 4.69) is 22.0 Å². The predicted molar refractivity (Wildman–Crippen MR) is 94.0 cm³/mol. The van der Waals surface area contributed by atoms with Gasteiger partial charge < -0.3 is 9.42 Å². The molecule has 6 nitrogen and oxygen atoms in total. The Kier molecular flexibility index (Phi) is 4.31. The number of hydrogen-bond donors (Lipinski definition) is 0. The van der Waals surface area contributed by atoms with Gasteiger partial charge in [-0.1, -0.05) is 18.1 Å². The average molecular weight is 354 g/mol. The zero-order valence-corrected chi connectivity index (χ0v) is 14.6. The number of likely N-dealkylation sites (tertiary alicyclic amines) is 1. The molecule has 0 spiro atoms. The first-order valence-corrected chi connectivity index (χ1v) is 9.13. The minimum Gasteiger partial charge on any atom is -0.341 e. The monoisotopic (exact) mass is 354 g/mol. The highest BCUT2D eigenvalue weighted by atomic mass is 32.1. The molecule has 1 aliphatic rings. The molecule has 1 fully saturated rings. The maximum atomic E-state index is 12.5. The number of hydrogen-bond acceptors (Lipinski definition) is 6. The Hall–Kier alpha value is -2.54. The molecule has 128 valence electrons. The number of amides is 1. The molecule has 0 aliphatic carbocycles. The molecule has 3 aromatic heterocycles. The lowest BCUT2D eigenvalue weighted by Gasteiger charge is -2.15. The number of pyridine rings is 1. The van der Waals surface area contributed by atoms with E-state index in [1.807, 2.05) is 34.5 Å². The van der Waals surface area contributed by atoms with Crippen molar-refractivity contribution in [1.29, 1.82) is 0 Å². The van der Waals surface area contributed by atoms with Crippen LogP contribution in [0.3, 0.4) is 0 Å². The van der Waals surface area contributed by atoms with Crippen LogP contribution in [0.1, 0.15) is 23.6 Å². The number of aromatic nitrogens is 3. The summed E-state index contributed by atoms with van der Waals surface area (Å²) >= 11 is 1.62. The number of carbonyl (C=O) groups excluding carboxylic acids is 1. The number of rotatable bonds is 4. The molecule has 7 heteroatoms. The number of carbonyl (C=O) groups is 1. The minimum atomic E-state index is 0.0790. The molecule has 1 saturated heterocycles. The van der Waals surface area contributed by atoms with Gasteiger partial charge in [-0.2, -0.15) is 4.98 Å². The highest BCUT2D eigenvalue weighted by Gasteiger charge is 2.36.